The van der Waals surface area contributed by atoms with Crippen LogP contribution in [0.25, 0.3) is 0 Å². The fourth-order valence-corrected chi connectivity index (χ4v) is 4.22. The highest BCUT2D eigenvalue weighted by molar-refractivity contribution is 7.13. The summed E-state index contributed by atoms with van der Waals surface area (Å²) in [5, 5.41) is 0. The number of ether oxygens (including phenoxy) is 6. The van der Waals surface area contributed by atoms with Gasteiger partial charge in [-0.3, -0.25) is 0 Å². The third-order valence-electron chi connectivity index (χ3n) is 4.92. The van der Waals surface area contributed by atoms with Crippen molar-refractivity contribution in [3.63, 3.8) is 0 Å². The summed E-state index contributed by atoms with van der Waals surface area (Å²) in [6.07, 6.45) is 4.44. The lowest BCUT2D eigenvalue weighted by molar-refractivity contribution is 0.0322. The Balaban J connectivity index is 2.60. The zero-order valence-corrected chi connectivity index (χ0v) is 23.2. The van der Waals surface area contributed by atoms with E-state index in [1.165, 1.54) is 0 Å². The zero-order chi connectivity index (χ0) is 25.2. The Morgan fingerprint density at radius 2 is 1.09 bits per heavy atom. The molecular formula is C26H49NO6S. The van der Waals surface area contributed by atoms with Crippen LogP contribution in [-0.2, 0) is 24.4 Å². The van der Waals surface area contributed by atoms with E-state index in [0.717, 1.165) is 60.2 Å². The molecule has 34 heavy (non-hydrogen) atoms. The van der Waals surface area contributed by atoms with E-state index in [4.69, 9.17) is 34.2 Å². The lowest BCUT2D eigenvalue weighted by atomic mass is 9.94. The summed E-state index contributed by atoms with van der Waals surface area (Å²) in [4.78, 5) is 2.12. The van der Waals surface area contributed by atoms with Crippen molar-refractivity contribution in [1.82, 2.24) is 0 Å². The van der Waals surface area contributed by atoms with Crippen LogP contribution in [0.4, 0.5) is 0 Å². The number of rotatable bonds is 21. The number of hydrogen-bond donors (Lipinski definition) is 1. The maximum Gasteiger partial charge on any atom is 0.177 e. The molecule has 0 aromatic carbocycles. The standard InChI is InChI=1S/C26H49NO6S/c1-7-9-11-28-13-15-30-17-19-32-22-23(25(26(4,5)6)34-24(22)21(3)27)33-20-18-31-16-14-29-12-10-8-2/h21H,7-20,27H2,1-6H3. The SMILES string of the molecule is CCCCOCCOCCOc1c(C(C)N)sc(C(C)(C)C)c1OCCOCCOCCCC. The highest BCUT2D eigenvalue weighted by Crippen LogP contribution is 2.49. The van der Waals surface area contributed by atoms with Crippen LogP contribution in [0, 0.1) is 0 Å². The predicted octanol–water partition coefficient (Wildman–Crippen LogP) is 5.49. The third kappa shape index (κ3) is 12.7. The summed E-state index contributed by atoms with van der Waals surface area (Å²) in [5.41, 5.74) is 6.19. The molecule has 0 radical (unpaired) electrons. The Kier molecular flexibility index (Phi) is 16.8. The number of nitrogens with two attached hydrogens (primary N) is 1. The first-order valence-corrected chi connectivity index (χ1v) is 13.6. The molecule has 1 rings (SSSR count). The van der Waals surface area contributed by atoms with Crippen molar-refractivity contribution in [2.45, 2.75) is 78.7 Å². The topological polar surface area (TPSA) is 81.4 Å². The molecule has 1 unspecified atom stereocenters. The van der Waals surface area contributed by atoms with Crippen LogP contribution in [0.1, 0.15) is 83.0 Å². The number of hydrogen-bond acceptors (Lipinski definition) is 8. The second-order valence-corrected chi connectivity index (χ2v) is 10.4. The average molecular weight is 504 g/mol. The Morgan fingerprint density at radius 3 is 1.50 bits per heavy atom. The van der Waals surface area contributed by atoms with Crippen molar-refractivity contribution >= 4 is 11.3 Å². The molecule has 0 aliphatic rings. The zero-order valence-electron chi connectivity index (χ0n) is 22.4. The quantitative estimate of drug-likeness (QED) is 0.222. The van der Waals surface area contributed by atoms with Crippen LogP contribution in [-0.4, -0.2) is 66.1 Å². The molecule has 0 fully saturated rings. The Labute approximate surface area is 211 Å². The first kappa shape index (κ1) is 31.1. The average Bonchev–Trinajstić information content (AvgIpc) is 3.16. The van der Waals surface area contributed by atoms with Gasteiger partial charge in [-0.2, -0.15) is 0 Å². The Hall–Kier alpha value is -0.900. The Bertz CT molecular complexity index is 630. The Morgan fingerprint density at radius 1 is 0.676 bits per heavy atom. The van der Waals surface area contributed by atoms with Crippen molar-refractivity contribution in [1.29, 1.82) is 0 Å². The molecule has 2 N–H and O–H groups in total. The number of thiophene rings is 1. The van der Waals surface area contributed by atoms with E-state index >= 15 is 0 Å². The van der Waals surface area contributed by atoms with Crippen LogP contribution in [0.5, 0.6) is 11.5 Å². The summed E-state index contributed by atoms with van der Waals surface area (Å²) in [6, 6.07) is -0.150. The van der Waals surface area contributed by atoms with Gasteiger partial charge in [0.25, 0.3) is 0 Å². The van der Waals surface area contributed by atoms with E-state index in [-0.39, 0.29) is 11.5 Å². The van der Waals surface area contributed by atoms with Gasteiger partial charge in [-0.05, 0) is 19.8 Å². The van der Waals surface area contributed by atoms with Gasteiger partial charge < -0.3 is 34.2 Å². The smallest absolute Gasteiger partial charge is 0.177 e. The molecule has 1 aromatic heterocycles. The molecule has 0 aliphatic heterocycles. The van der Waals surface area contributed by atoms with Crippen LogP contribution in [0.3, 0.4) is 0 Å². The van der Waals surface area contributed by atoms with E-state index < -0.39 is 0 Å². The van der Waals surface area contributed by atoms with E-state index in [9.17, 15) is 0 Å². The van der Waals surface area contributed by atoms with Crippen molar-refractivity contribution in [3.05, 3.63) is 9.75 Å². The molecule has 0 bridgehead atoms. The number of unbranched alkanes of at least 4 members (excludes halogenated alkanes) is 2. The van der Waals surface area contributed by atoms with Gasteiger partial charge in [0.2, 0.25) is 0 Å². The molecule has 200 valence electrons. The van der Waals surface area contributed by atoms with E-state index in [2.05, 4.69) is 34.6 Å². The van der Waals surface area contributed by atoms with Crippen LogP contribution < -0.4 is 15.2 Å². The maximum absolute atomic E-state index is 6.28. The minimum atomic E-state index is -0.150. The van der Waals surface area contributed by atoms with Crippen molar-refractivity contribution in [2.24, 2.45) is 5.73 Å². The minimum absolute atomic E-state index is 0.0917. The monoisotopic (exact) mass is 503 g/mol. The fraction of sp³-hybridized carbons (Fsp3) is 0.846. The van der Waals surface area contributed by atoms with E-state index in [0.29, 0.717) is 52.9 Å². The third-order valence-corrected chi connectivity index (χ3v) is 6.70. The second kappa shape index (κ2) is 18.4. The molecule has 1 aromatic rings. The molecule has 0 aliphatic carbocycles. The predicted molar refractivity (Wildman–Crippen MR) is 140 cm³/mol. The highest BCUT2D eigenvalue weighted by atomic mass is 32.1. The molecular weight excluding hydrogens is 454 g/mol. The lowest BCUT2D eigenvalue weighted by Gasteiger charge is -2.20. The summed E-state index contributed by atoms with van der Waals surface area (Å²) in [6.45, 7) is 18.6. The molecule has 8 heteroatoms. The van der Waals surface area contributed by atoms with Crippen LogP contribution in [0.2, 0.25) is 0 Å². The second-order valence-electron chi connectivity index (χ2n) is 9.35. The summed E-state index contributed by atoms with van der Waals surface area (Å²) < 4.78 is 34.8. The molecule has 0 saturated heterocycles. The van der Waals surface area contributed by atoms with Crippen molar-refractivity contribution in [3.8, 4) is 11.5 Å². The normalized spacial score (nSPS) is 12.8. The summed E-state index contributed by atoms with van der Waals surface area (Å²) in [7, 11) is 0. The molecule has 1 heterocycles. The summed E-state index contributed by atoms with van der Waals surface area (Å²) in [5.74, 6) is 1.51. The first-order chi connectivity index (χ1) is 16.3. The molecule has 0 amide bonds. The van der Waals surface area contributed by atoms with Crippen molar-refractivity contribution < 1.29 is 28.4 Å². The lowest BCUT2D eigenvalue weighted by Crippen LogP contribution is -2.16. The highest BCUT2D eigenvalue weighted by Gasteiger charge is 2.30. The van der Waals surface area contributed by atoms with Gasteiger partial charge in [0, 0.05) is 24.7 Å². The molecule has 1 atom stereocenters. The van der Waals surface area contributed by atoms with Gasteiger partial charge in [0.15, 0.2) is 11.5 Å². The minimum Gasteiger partial charge on any atom is -0.486 e. The largest absolute Gasteiger partial charge is 0.486 e. The molecule has 7 nitrogen and oxygen atoms in total. The van der Waals surface area contributed by atoms with Crippen LogP contribution >= 0.6 is 11.3 Å². The fourth-order valence-electron chi connectivity index (χ4n) is 3.02. The van der Waals surface area contributed by atoms with Gasteiger partial charge in [0.1, 0.15) is 13.2 Å². The van der Waals surface area contributed by atoms with Gasteiger partial charge in [-0.25, -0.2) is 0 Å². The van der Waals surface area contributed by atoms with Crippen LogP contribution in [0.15, 0.2) is 0 Å². The van der Waals surface area contributed by atoms with Gasteiger partial charge >= 0.3 is 0 Å². The first-order valence-electron chi connectivity index (χ1n) is 12.8. The molecule has 0 spiro atoms. The van der Waals surface area contributed by atoms with E-state index in [1.54, 1.807) is 11.3 Å². The van der Waals surface area contributed by atoms with Gasteiger partial charge in [0.05, 0.1) is 49.4 Å². The maximum atomic E-state index is 6.28. The van der Waals surface area contributed by atoms with Gasteiger partial charge in [-0.1, -0.05) is 47.5 Å². The molecule has 0 saturated carbocycles. The van der Waals surface area contributed by atoms with Crippen molar-refractivity contribution in [2.75, 3.05) is 66.1 Å². The van der Waals surface area contributed by atoms with E-state index in [1.807, 2.05) is 6.92 Å². The summed E-state index contributed by atoms with van der Waals surface area (Å²) >= 11 is 1.66. The van der Waals surface area contributed by atoms with Gasteiger partial charge in [-0.15, -0.1) is 11.3 Å².